The summed E-state index contributed by atoms with van der Waals surface area (Å²) in [6.45, 7) is 0. The lowest BCUT2D eigenvalue weighted by atomic mass is 10.1. The highest BCUT2D eigenvalue weighted by atomic mass is 19.4. The van der Waals surface area contributed by atoms with Crippen molar-refractivity contribution in [2.45, 2.75) is 19.0 Å². The fraction of sp³-hybridized carbons (Fsp3) is 0.333. The molecular formula is C9H7F5N2O2. The second kappa shape index (κ2) is 4.75. The highest BCUT2D eigenvalue weighted by Gasteiger charge is 2.35. The smallest absolute Gasteiger partial charge is 0.433 e. The molecule has 1 rings (SSSR count). The topological polar surface area (TPSA) is 76.2 Å². The van der Waals surface area contributed by atoms with Crippen LogP contribution in [-0.4, -0.2) is 16.1 Å². The molecule has 0 amide bonds. The molecular weight excluding hydrogens is 263 g/mol. The quantitative estimate of drug-likeness (QED) is 0.826. The van der Waals surface area contributed by atoms with Gasteiger partial charge in [-0.05, 0) is 6.07 Å². The van der Waals surface area contributed by atoms with Crippen LogP contribution in [0.4, 0.5) is 27.6 Å². The number of anilines is 1. The fourth-order valence-corrected chi connectivity index (χ4v) is 1.28. The number of hydrogen-bond donors (Lipinski definition) is 2. The van der Waals surface area contributed by atoms with Crippen molar-refractivity contribution in [1.29, 1.82) is 0 Å². The number of halogens is 5. The lowest BCUT2D eigenvalue weighted by Gasteiger charge is -2.13. The maximum absolute atomic E-state index is 12.5. The molecule has 100 valence electrons. The van der Waals surface area contributed by atoms with Crippen LogP contribution in [0.2, 0.25) is 0 Å². The summed E-state index contributed by atoms with van der Waals surface area (Å²) in [6.07, 6.45) is -9.19. The van der Waals surface area contributed by atoms with Crippen LogP contribution in [-0.2, 0) is 17.4 Å². The van der Waals surface area contributed by atoms with Crippen LogP contribution in [0.5, 0.6) is 0 Å². The van der Waals surface area contributed by atoms with Gasteiger partial charge in [0.15, 0.2) is 0 Å². The third kappa shape index (κ3) is 3.05. The maximum atomic E-state index is 12.5. The van der Waals surface area contributed by atoms with E-state index in [1.165, 1.54) is 0 Å². The van der Waals surface area contributed by atoms with E-state index in [9.17, 15) is 26.7 Å². The van der Waals surface area contributed by atoms with Gasteiger partial charge >= 0.3 is 12.1 Å². The Labute approximate surface area is 97.2 Å². The van der Waals surface area contributed by atoms with Crippen LogP contribution in [0.15, 0.2) is 6.07 Å². The third-order valence-corrected chi connectivity index (χ3v) is 2.02. The third-order valence-electron chi connectivity index (χ3n) is 2.02. The summed E-state index contributed by atoms with van der Waals surface area (Å²) in [6, 6.07) is 0.337. The molecule has 18 heavy (non-hydrogen) atoms. The van der Waals surface area contributed by atoms with E-state index in [2.05, 4.69) is 4.98 Å². The molecule has 0 aliphatic carbocycles. The lowest BCUT2D eigenvalue weighted by Crippen LogP contribution is -2.15. The van der Waals surface area contributed by atoms with Crippen LogP contribution < -0.4 is 5.73 Å². The first-order valence-electron chi connectivity index (χ1n) is 4.49. The summed E-state index contributed by atoms with van der Waals surface area (Å²) < 4.78 is 62.1. The van der Waals surface area contributed by atoms with E-state index < -0.39 is 47.6 Å². The number of nitrogens with zero attached hydrogens (tertiary/aromatic N) is 1. The molecule has 0 aliphatic heterocycles. The first-order chi connectivity index (χ1) is 8.12. The van der Waals surface area contributed by atoms with E-state index in [4.69, 9.17) is 10.8 Å². The Balaban J connectivity index is 3.40. The van der Waals surface area contributed by atoms with Crippen LogP contribution >= 0.6 is 0 Å². The molecule has 0 aromatic carbocycles. The minimum absolute atomic E-state index is 0.337. The Morgan fingerprint density at radius 3 is 2.39 bits per heavy atom. The van der Waals surface area contributed by atoms with Crippen molar-refractivity contribution in [2.75, 3.05) is 5.73 Å². The van der Waals surface area contributed by atoms with Gasteiger partial charge in [-0.15, -0.1) is 0 Å². The highest BCUT2D eigenvalue weighted by molar-refractivity contribution is 5.73. The zero-order valence-electron chi connectivity index (χ0n) is 8.63. The normalized spacial score (nSPS) is 11.9. The lowest BCUT2D eigenvalue weighted by molar-refractivity contribution is -0.141. The largest absolute Gasteiger partial charge is 0.481 e. The van der Waals surface area contributed by atoms with Gasteiger partial charge in [0, 0.05) is 11.3 Å². The minimum atomic E-state index is -4.93. The monoisotopic (exact) mass is 270 g/mol. The Morgan fingerprint density at radius 1 is 1.44 bits per heavy atom. The second-order valence-electron chi connectivity index (χ2n) is 3.33. The zero-order valence-corrected chi connectivity index (χ0v) is 8.63. The summed E-state index contributed by atoms with van der Waals surface area (Å²) in [4.78, 5) is 13.2. The molecule has 4 nitrogen and oxygen atoms in total. The number of carboxylic acids is 1. The molecule has 1 aromatic heterocycles. The predicted molar refractivity (Wildman–Crippen MR) is 49.9 cm³/mol. The van der Waals surface area contributed by atoms with Crippen molar-refractivity contribution in [3.05, 3.63) is 23.0 Å². The van der Waals surface area contributed by atoms with Gasteiger partial charge in [-0.2, -0.15) is 13.2 Å². The standard InChI is InChI=1S/C9H7F5N2O2/c10-8(11)7-3(1-6(17)18)4(15)2-5(16-7)9(12,13)14/h2,8H,1H2,(H2,15,16)(H,17,18). The molecule has 1 heterocycles. The number of hydrogen-bond acceptors (Lipinski definition) is 3. The zero-order chi connectivity index (χ0) is 14.1. The van der Waals surface area contributed by atoms with E-state index in [1.54, 1.807) is 0 Å². The van der Waals surface area contributed by atoms with Crippen molar-refractivity contribution in [3.8, 4) is 0 Å². The summed E-state index contributed by atoms with van der Waals surface area (Å²) in [7, 11) is 0. The first kappa shape index (κ1) is 14.1. The number of nitrogens with two attached hydrogens (primary N) is 1. The number of rotatable bonds is 3. The Bertz CT molecular complexity index is 473. The van der Waals surface area contributed by atoms with Gasteiger partial charge in [0.2, 0.25) is 0 Å². The fourth-order valence-electron chi connectivity index (χ4n) is 1.28. The van der Waals surface area contributed by atoms with E-state index in [-0.39, 0.29) is 0 Å². The van der Waals surface area contributed by atoms with Crippen molar-refractivity contribution in [1.82, 2.24) is 4.98 Å². The summed E-state index contributed by atoms with van der Waals surface area (Å²) in [5.74, 6) is -1.50. The van der Waals surface area contributed by atoms with Crippen molar-refractivity contribution < 1.29 is 31.9 Å². The van der Waals surface area contributed by atoms with Crippen LogP contribution in [0.1, 0.15) is 23.4 Å². The predicted octanol–water partition coefficient (Wildman–Crippen LogP) is 2.25. The van der Waals surface area contributed by atoms with Crippen molar-refractivity contribution in [3.63, 3.8) is 0 Å². The average Bonchev–Trinajstić information content (AvgIpc) is 2.17. The van der Waals surface area contributed by atoms with Crippen molar-refractivity contribution >= 4 is 11.7 Å². The van der Waals surface area contributed by atoms with Gasteiger partial charge in [0.05, 0.1) is 6.42 Å². The highest BCUT2D eigenvalue weighted by Crippen LogP contribution is 2.33. The molecule has 0 fully saturated rings. The van der Waals surface area contributed by atoms with E-state index in [1.807, 2.05) is 0 Å². The summed E-state index contributed by atoms with van der Waals surface area (Å²) >= 11 is 0. The molecule has 0 saturated carbocycles. The van der Waals surface area contributed by atoms with E-state index in [0.717, 1.165) is 0 Å². The number of carbonyl (C=O) groups is 1. The molecule has 0 spiro atoms. The van der Waals surface area contributed by atoms with Gasteiger partial charge < -0.3 is 10.8 Å². The molecule has 0 aliphatic rings. The number of alkyl halides is 5. The number of pyridine rings is 1. The van der Waals surface area contributed by atoms with Crippen LogP contribution in [0.25, 0.3) is 0 Å². The first-order valence-corrected chi connectivity index (χ1v) is 4.49. The van der Waals surface area contributed by atoms with Crippen LogP contribution in [0, 0.1) is 0 Å². The molecule has 1 aromatic rings. The average molecular weight is 270 g/mol. The Morgan fingerprint density at radius 2 is 2.00 bits per heavy atom. The molecule has 0 bridgehead atoms. The van der Waals surface area contributed by atoms with Crippen LogP contribution in [0.3, 0.4) is 0 Å². The SMILES string of the molecule is Nc1cc(C(F)(F)F)nc(C(F)F)c1CC(=O)O. The maximum Gasteiger partial charge on any atom is 0.433 e. The molecule has 3 N–H and O–H groups in total. The summed E-state index contributed by atoms with van der Waals surface area (Å²) in [5.41, 5.74) is 1.05. The van der Waals surface area contributed by atoms with Gasteiger partial charge in [-0.25, -0.2) is 13.8 Å². The van der Waals surface area contributed by atoms with Gasteiger partial charge in [0.1, 0.15) is 11.4 Å². The number of aromatic nitrogens is 1. The van der Waals surface area contributed by atoms with Gasteiger partial charge in [-0.1, -0.05) is 0 Å². The van der Waals surface area contributed by atoms with Gasteiger partial charge in [-0.3, -0.25) is 4.79 Å². The number of nitrogen functional groups attached to an aromatic ring is 1. The molecule has 9 heteroatoms. The van der Waals surface area contributed by atoms with E-state index in [0.29, 0.717) is 6.07 Å². The van der Waals surface area contributed by atoms with Gasteiger partial charge in [0.25, 0.3) is 6.43 Å². The Kier molecular flexibility index (Phi) is 3.73. The number of aliphatic carboxylic acids is 1. The number of carboxylic acid groups (broad SMARTS) is 1. The minimum Gasteiger partial charge on any atom is -0.481 e. The molecule has 0 radical (unpaired) electrons. The summed E-state index contributed by atoms with van der Waals surface area (Å²) in [5, 5.41) is 8.48. The molecule has 0 atom stereocenters. The molecule has 0 unspecified atom stereocenters. The molecule has 0 saturated heterocycles. The van der Waals surface area contributed by atoms with E-state index >= 15 is 0 Å². The van der Waals surface area contributed by atoms with Crippen molar-refractivity contribution in [2.24, 2.45) is 0 Å². The Hall–Kier alpha value is -1.93. The second-order valence-corrected chi connectivity index (χ2v) is 3.33.